The maximum Gasteiger partial charge on any atom is 0.0270 e. The molecule has 15 heavy (non-hydrogen) atoms. The molecule has 0 aliphatic rings. The minimum absolute atomic E-state index is 0.507. The van der Waals surface area contributed by atoms with Gasteiger partial charge in [0.25, 0.3) is 0 Å². The fourth-order valence-corrected chi connectivity index (χ4v) is 2.87. The summed E-state index contributed by atoms with van der Waals surface area (Å²) in [5, 5.41) is 0. The van der Waals surface area contributed by atoms with Crippen molar-refractivity contribution in [1.29, 1.82) is 0 Å². The lowest BCUT2D eigenvalue weighted by atomic mass is 9.93. The van der Waals surface area contributed by atoms with E-state index in [0.717, 1.165) is 15.6 Å². The molecule has 1 aromatic carbocycles. The molecule has 3 nitrogen and oxygen atoms in total. The zero-order valence-corrected chi connectivity index (χ0v) is 10.8. The fourth-order valence-electron chi connectivity index (χ4n) is 1.95. The second-order valence-corrected chi connectivity index (χ2v) is 4.41. The Hall–Kier alpha value is -0.420. The molecule has 0 aliphatic heterocycles. The highest BCUT2D eigenvalue weighted by Crippen LogP contribution is 2.31. The van der Waals surface area contributed by atoms with Crippen molar-refractivity contribution in [2.24, 2.45) is 17.2 Å². The first-order chi connectivity index (χ1) is 7.08. The molecule has 0 saturated carbocycles. The largest absolute Gasteiger partial charge is 0.326 e. The van der Waals surface area contributed by atoms with Crippen LogP contribution in [0.3, 0.4) is 0 Å². The van der Waals surface area contributed by atoms with Crippen LogP contribution in [0.25, 0.3) is 0 Å². The molecule has 1 aromatic rings. The first-order valence-electron chi connectivity index (χ1n) is 4.97. The summed E-state index contributed by atoms with van der Waals surface area (Å²) in [6, 6.07) is 0. The van der Waals surface area contributed by atoms with Gasteiger partial charge in [-0.1, -0.05) is 15.9 Å². The van der Waals surface area contributed by atoms with Crippen LogP contribution >= 0.6 is 15.9 Å². The van der Waals surface area contributed by atoms with Crippen LogP contribution in [0.1, 0.15) is 27.8 Å². The van der Waals surface area contributed by atoms with Gasteiger partial charge in [-0.05, 0) is 41.7 Å². The molecule has 0 heterocycles. The monoisotopic (exact) mass is 271 g/mol. The zero-order chi connectivity index (χ0) is 11.6. The van der Waals surface area contributed by atoms with Gasteiger partial charge in [0.1, 0.15) is 0 Å². The van der Waals surface area contributed by atoms with Crippen molar-refractivity contribution in [3.63, 3.8) is 0 Å². The lowest BCUT2D eigenvalue weighted by molar-refractivity contribution is 0.931. The van der Waals surface area contributed by atoms with E-state index in [1.165, 1.54) is 16.7 Å². The molecule has 4 heteroatoms. The van der Waals surface area contributed by atoms with E-state index in [0.29, 0.717) is 19.6 Å². The Bertz CT molecular complexity index is 296. The molecule has 6 N–H and O–H groups in total. The highest BCUT2D eigenvalue weighted by Gasteiger charge is 2.15. The molecule has 0 aliphatic carbocycles. The van der Waals surface area contributed by atoms with Crippen LogP contribution in [-0.4, -0.2) is 0 Å². The molecular weight excluding hydrogens is 254 g/mol. The van der Waals surface area contributed by atoms with Gasteiger partial charge in [-0.2, -0.15) is 0 Å². The third-order valence-corrected chi connectivity index (χ3v) is 3.91. The van der Waals surface area contributed by atoms with Crippen molar-refractivity contribution in [3.8, 4) is 0 Å². The van der Waals surface area contributed by atoms with Crippen molar-refractivity contribution < 1.29 is 0 Å². The van der Waals surface area contributed by atoms with Crippen LogP contribution < -0.4 is 17.2 Å². The van der Waals surface area contributed by atoms with Crippen LogP contribution in [-0.2, 0) is 19.6 Å². The van der Waals surface area contributed by atoms with E-state index in [4.69, 9.17) is 17.2 Å². The van der Waals surface area contributed by atoms with Gasteiger partial charge in [-0.3, -0.25) is 0 Å². The summed E-state index contributed by atoms with van der Waals surface area (Å²) in [4.78, 5) is 0. The number of rotatable bonds is 3. The number of benzene rings is 1. The molecule has 84 valence electrons. The second kappa shape index (κ2) is 5.07. The summed E-state index contributed by atoms with van der Waals surface area (Å²) >= 11 is 3.57. The predicted octanol–water partition coefficient (Wildman–Crippen LogP) is 1.44. The van der Waals surface area contributed by atoms with Gasteiger partial charge in [-0.25, -0.2) is 0 Å². The van der Waals surface area contributed by atoms with Gasteiger partial charge >= 0.3 is 0 Å². The number of nitrogens with two attached hydrogens (primary N) is 3. The van der Waals surface area contributed by atoms with E-state index >= 15 is 0 Å². The summed E-state index contributed by atoms with van der Waals surface area (Å²) < 4.78 is 1.04. The molecule has 0 radical (unpaired) electrons. The Morgan fingerprint density at radius 3 is 1.40 bits per heavy atom. The predicted molar refractivity (Wildman–Crippen MR) is 67.3 cm³/mol. The maximum absolute atomic E-state index is 5.75. The molecule has 0 saturated heterocycles. The lowest BCUT2D eigenvalue weighted by Crippen LogP contribution is -2.13. The van der Waals surface area contributed by atoms with Crippen molar-refractivity contribution in [1.82, 2.24) is 0 Å². The molecular formula is C11H18BrN3. The fraction of sp³-hybridized carbons (Fsp3) is 0.455. The van der Waals surface area contributed by atoms with Gasteiger partial charge in [0.2, 0.25) is 0 Å². The van der Waals surface area contributed by atoms with Crippen molar-refractivity contribution in [2.45, 2.75) is 33.5 Å². The topological polar surface area (TPSA) is 78.1 Å². The molecule has 1 rings (SSSR count). The van der Waals surface area contributed by atoms with Crippen molar-refractivity contribution in [2.75, 3.05) is 0 Å². The molecule has 0 bridgehead atoms. The highest BCUT2D eigenvalue weighted by molar-refractivity contribution is 9.10. The number of hydrogen-bond acceptors (Lipinski definition) is 3. The summed E-state index contributed by atoms with van der Waals surface area (Å²) in [5.41, 5.74) is 23.0. The summed E-state index contributed by atoms with van der Waals surface area (Å²) in [7, 11) is 0. The quantitative estimate of drug-likeness (QED) is 0.779. The third kappa shape index (κ3) is 2.08. The van der Waals surface area contributed by atoms with E-state index in [1.54, 1.807) is 0 Å². The first kappa shape index (κ1) is 12.6. The summed E-state index contributed by atoms with van der Waals surface area (Å²) in [6.07, 6.45) is 0. The normalized spacial score (nSPS) is 10.8. The molecule has 0 fully saturated rings. The van der Waals surface area contributed by atoms with E-state index in [2.05, 4.69) is 29.8 Å². The van der Waals surface area contributed by atoms with Crippen molar-refractivity contribution >= 4 is 15.9 Å². The minimum Gasteiger partial charge on any atom is -0.326 e. The SMILES string of the molecule is Cc1c(CN)c(C)c(CN)c(Br)c1CN. The second-order valence-electron chi connectivity index (χ2n) is 3.61. The van der Waals surface area contributed by atoms with Crippen LogP contribution in [0.15, 0.2) is 4.47 Å². The van der Waals surface area contributed by atoms with E-state index in [-0.39, 0.29) is 0 Å². The average Bonchev–Trinajstić information content (AvgIpc) is 2.19. The Labute approximate surface area is 99.1 Å². The smallest absolute Gasteiger partial charge is 0.0270 e. The Morgan fingerprint density at radius 1 is 0.800 bits per heavy atom. The Balaban J connectivity index is 3.57. The Kier molecular flexibility index (Phi) is 4.28. The van der Waals surface area contributed by atoms with Gasteiger partial charge in [0.05, 0.1) is 0 Å². The molecule has 0 amide bonds. The lowest BCUT2D eigenvalue weighted by Gasteiger charge is -2.19. The number of hydrogen-bond donors (Lipinski definition) is 3. The third-order valence-electron chi connectivity index (χ3n) is 2.95. The van der Waals surface area contributed by atoms with Crippen LogP contribution in [0.5, 0.6) is 0 Å². The summed E-state index contributed by atoms with van der Waals surface area (Å²) in [6.45, 7) is 5.66. The Morgan fingerprint density at radius 2 is 1.13 bits per heavy atom. The van der Waals surface area contributed by atoms with E-state index < -0.39 is 0 Å². The first-order valence-corrected chi connectivity index (χ1v) is 5.77. The molecule has 0 spiro atoms. The summed E-state index contributed by atoms with van der Waals surface area (Å²) in [5.74, 6) is 0. The van der Waals surface area contributed by atoms with Crippen LogP contribution in [0.4, 0.5) is 0 Å². The van der Waals surface area contributed by atoms with E-state index in [9.17, 15) is 0 Å². The van der Waals surface area contributed by atoms with Gasteiger partial charge in [0.15, 0.2) is 0 Å². The number of halogens is 1. The molecule has 0 aromatic heterocycles. The maximum atomic E-state index is 5.75. The van der Waals surface area contributed by atoms with E-state index in [1.807, 2.05) is 0 Å². The van der Waals surface area contributed by atoms with Gasteiger partial charge < -0.3 is 17.2 Å². The molecule has 0 unspecified atom stereocenters. The minimum atomic E-state index is 0.507. The zero-order valence-electron chi connectivity index (χ0n) is 9.23. The van der Waals surface area contributed by atoms with Gasteiger partial charge in [-0.15, -0.1) is 0 Å². The standard InChI is InChI=1S/C11H18BrN3/c1-6-8(3-13)7(2)10(5-15)11(12)9(6)4-14/h3-5,13-15H2,1-2H3. The average molecular weight is 272 g/mol. The highest BCUT2D eigenvalue weighted by atomic mass is 79.9. The van der Waals surface area contributed by atoms with Crippen LogP contribution in [0, 0.1) is 13.8 Å². The molecule has 0 atom stereocenters. The van der Waals surface area contributed by atoms with Crippen LogP contribution in [0.2, 0.25) is 0 Å². The van der Waals surface area contributed by atoms with Gasteiger partial charge in [0, 0.05) is 24.1 Å². The van der Waals surface area contributed by atoms with Crippen molar-refractivity contribution in [3.05, 3.63) is 32.3 Å².